The molecule has 0 spiro atoms. The van der Waals surface area contributed by atoms with Gasteiger partial charge in [-0.15, -0.1) is 0 Å². The summed E-state index contributed by atoms with van der Waals surface area (Å²) >= 11 is 0. The van der Waals surface area contributed by atoms with E-state index in [-0.39, 0.29) is 0 Å². The highest BCUT2D eigenvalue weighted by molar-refractivity contribution is 6.13. The van der Waals surface area contributed by atoms with Gasteiger partial charge >= 0.3 is 0 Å². The molecule has 0 saturated heterocycles. The van der Waals surface area contributed by atoms with Crippen molar-refractivity contribution in [3.63, 3.8) is 0 Å². The second-order valence-electron chi connectivity index (χ2n) is 13.5. The fraction of sp³-hybridized carbons (Fsp3) is 0.0426. The van der Waals surface area contributed by atoms with Crippen LogP contribution in [0.25, 0.3) is 106 Å². The topological polar surface area (TPSA) is 65.0 Å². The van der Waals surface area contributed by atoms with Crippen LogP contribution >= 0.6 is 0 Å². The van der Waals surface area contributed by atoms with Gasteiger partial charge in [-0.05, 0) is 88.3 Å². The van der Waals surface area contributed by atoms with E-state index in [0.29, 0.717) is 17.5 Å². The minimum atomic E-state index is 0.557. The first-order chi connectivity index (χ1) is 25.7. The molecular weight excluding hydrogens is 639 g/mol. The van der Waals surface area contributed by atoms with Crippen molar-refractivity contribution in [3.8, 4) is 45.3 Å². The van der Waals surface area contributed by atoms with Crippen molar-refractivity contribution in [3.05, 3.63) is 157 Å². The third kappa shape index (κ3) is 4.60. The zero-order valence-corrected chi connectivity index (χ0v) is 28.0. The van der Waals surface area contributed by atoms with Crippen LogP contribution in [0.15, 0.2) is 154 Å². The molecule has 3 heterocycles. The summed E-state index contributed by atoms with van der Waals surface area (Å²) in [5.74, 6) is 1.74. The molecule has 0 unspecified atom stereocenters. The number of rotatable bonds is 4. The third-order valence-electron chi connectivity index (χ3n) is 10.4. The second-order valence-corrected chi connectivity index (χ2v) is 13.5. The largest absolute Gasteiger partial charge is 0.456 e. The van der Waals surface area contributed by atoms with Gasteiger partial charge in [0.1, 0.15) is 22.3 Å². The molecule has 10 aromatic rings. The Morgan fingerprint density at radius 3 is 2.15 bits per heavy atom. The van der Waals surface area contributed by atoms with E-state index in [1.165, 1.54) is 21.9 Å². The van der Waals surface area contributed by atoms with E-state index >= 15 is 0 Å². The molecule has 5 heteroatoms. The van der Waals surface area contributed by atoms with Gasteiger partial charge in [0.05, 0.1) is 5.56 Å². The summed E-state index contributed by atoms with van der Waals surface area (Å²) in [7, 11) is 0. The van der Waals surface area contributed by atoms with Crippen LogP contribution in [0.1, 0.15) is 17.5 Å². The molecule has 0 radical (unpaired) electrons. The number of aromatic nitrogens is 3. The Labute approximate surface area is 298 Å². The molecule has 11 rings (SSSR count). The number of allylic oxidation sites excluding steroid dienone is 1. The SMILES string of the molecule is C1=Cc2cc(-c3nc(-c4cccc5c4oc4ccccc45)nc(-c4cccc5oc6cc(-c7ccc8ccccc8c7)ccc6c45)n3)ccc2CC1. The van der Waals surface area contributed by atoms with Gasteiger partial charge in [-0.1, -0.05) is 109 Å². The molecule has 1 aliphatic rings. The van der Waals surface area contributed by atoms with E-state index in [1.54, 1.807) is 0 Å². The normalized spacial score (nSPS) is 12.8. The van der Waals surface area contributed by atoms with Crippen LogP contribution in [0.4, 0.5) is 0 Å². The van der Waals surface area contributed by atoms with Gasteiger partial charge < -0.3 is 8.83 Å². The summed E-state index contributed by atoms with van der Waals surface area (Å²) in [5.41, 5.74) is 10.6. The number of fused-ring (bicyclic) bond motifs is 8. The van der Waals surface area contributed by atoms with Gasteiger partial charge in [-0.2, -0.15) is 0 Å². The maximum absolute atomic E-state index is 6.55. The van der Waals surface area contributed by atoms with Gasteiger partial charge in [0.2, 0.25) is 0 Å². The summed E-state index contributed by atoms with van der Waals surface area (Å²) in [6, 6.07) is 48.4. The zero-order valence-electron chi connectivity index (χ0n) is 28.0. The summed E-state index contributed by atoms with van der Waals surface area (Å²) < 4.78 is 13.0. The van der Waals surface area contributed by atoms with E-state index in [2.05, 4.69) is 109 Å². The average Bonchev–Trinajstić information content (AvgIpc) is 3.78. The highest BCUT2D eigenvalue weighted by Gasteiger charge is 2.21. The lowest BCUT2D eigenvalue weighted by Crippen LogP contribution is -2.02. The lowest BCUT2D eigenvalue weighted by Gasteiger charge is -2.13. The smallest absolute Gasteiger partial charge is 0.167 e. The molecule has 0 aliphatic heterocycles. The average molecular weight is 668 g/mol. The summed E-state index contributed by atoms with van der Waals surface area (Å²) in [5, 5.41) is 6.51. The highest BCUT2D eigenvalue weighted by Crippen LogP contribution is 2.40. The Bertz CT molecular complexity index is 3090. The van der Waals surface area contributed by atoms with Crippen LogP contribution in [-0.2, 0) is 6.42 Å². The summed E-state index contributed by atoms with van der Waals surface area (Å²) in [6.07, 6.45) is 6.52. The molecular formula is C47H29N3O2. The number of benzene rings is 7. The predicted octanol–water partition coefficient (Wildman–Crippen LogP) is 12.5. The molecule has 0 N–H and O–H groups in total. The Hall–Kier alpha value is -6.85. The lowest BCUT2D eigenvalue weighted by atomic mass is 9.95. The molecule has 244 valence electrons. The van der Waals surface area contributed by atoms with Crippen molar-refractivity contribution >= 4 is 60.7 Å². The Balaban J connectivity index is 1.12. The minimum absolute atomic E-state index is 0.557. The van der Waals surface area contributed by atoms with Gasteiger partial charge in [-0.25, -0.2) is 15.0 Å². The van der Waals surface area contributed by atoms with Crippen LogP contribution in [-0.4, -0.2) is 15.0 Å². The van der Waals surface area contributed by atoms with Crippen molar-refractivity contribution in [1.82, 2.24) is 15.0 Å². The van der Waals surface area contributed by atoms with Crippen molar-refractivity contribution in [2.24, 2.45) is 0 Å². The maximum Gasteiger partial charge on any atom is 0.167 e. The van der Waals surface area contributed by atoms with Crippen LogP contribution in [0.5, 0.6) is 0 Å². The first-order valence-corrected chi connectivity index (χ1v) is 17.6. The molecule has 0 saturated carbocycles. The number of para-hydroxylation sites is 2. The Kier molecular flexibility index (Phi) is 6.31. The van der Waals surface area contributed by atoms with E-state index in [0.717, 1.165) is 84.5 Å². The first-order valence-electron chi connectivity index (χ1n) is 17.6. The molecule has 7 aromatic carbocycles. The predicted molar refractivity (Wildman–Crippen MR) is 211 cm³/mol. The van der Waals surface area contributed by atoms with Gasteiger partial charge in [-0.3, -0.25) is 0 Å². The molecule has 0 bridgehead atoms. The molecule has 52 heavy (non-hydrogen) atoms. The van der Waals surface area contributed by atoms with Crippen molar-refractivity contribution in [1.29, 1.82) is 0 Å². The van der Waals surface area contributed by atoms with E-state index < -0.39 is 0 Å². The Morgan fingerprint density at radius 1 is 0.462 bits per heavy atom. The van der Waals surface area contributed by atoms with E-state index in [4.69, 9.17) is 23.8 Å². The number of nitrogens with zero attached hydrogens (tertiary/aromatic N) is 3. The Morgan fingerprint density at radius 2 is 1.19 bits per heavy atom. The highest BCUT2D eigenvalue weighted by atomic mass is 16.3. The van der Waals surface area contributed by atoms with Crippen LogP contribution in [0.2, 0.25) is 0 Å². The fourth-order valence-corrected chi connectivity index (χ4v) is 7.80. The lowest BCUT2D eigenvalue weighted by molar-refractivity contribution is 0.668. The van der Waals surface area contributed by atoms with Crippen LogP contribution in [0, 0.1) is 0 Å². The number of aryl methyl sites for hydroxylation is 1. The van der Waals surface area contributed by atoms with E-state index in [1.807, 2.05) is 42.5 Å². The molecule has 5 nitrogen and oxygen atoms in total. The number of hydrogen-bond donors (Lipinski definition) is 0. The van der Waals surface area contributed by atoms with Crippen LogP contribution < -0.4 is 0 Å². The quantitative estimate of drug-likeness (QED) is 0.187. The maximum atomic E-state index is 6.55. The summed E-state index contributed by atoms with van der Waals surface area (Å²) in [6.45, 7) is 0. The molecule has 1 aliphatic carbocycles. The van der Waals surface area contributed by atoms with Gasteiger partial charge in [0, 0.05) is 32.7 Å². The number of furan rings is 2. The van der Waals surface area contributed by atoms with Crippen molar-refractivity contribution in [2.45, 2.75) is 12.8 Å². The monoisotopic (exact) mass is 667 g/mol. The fourth-order valence-electron chi connectivity index (χ4n) is 7.80. The van der Waals surface area contributed by atoms with Gasteiger partial charge in [0.25, 0.3) is 0 Å². The first kappa shape index (κ1) is 28.9. The third-order valence-corrected chi connectivity index (χ3v) is 10.4. The van der Waals surface area contributed by atoms with Gasteiger partial charge in [0.15, 0.2) is 17.5 Å². The second kappa shape index (κ2) is 11.3. The minimum Gasteiger partial charge on any atom is -0.456 e. The molecule has 0 fully saturated rings. The summed E-state index contributed by atoms with van der Waals surface area (Å²) in [4.78, 5) is 15.5. The van der Waals surface area contributed by atoms with Crippen molar-refractivity contribution in [2.75, 3.05) is 0 Å². The van der Waals surface area contributed by atoms with Crippen molar-refractivity contribution < 1.29 is 8.83 Å². The molecule has 0 atom stereocenters. The van der Waals surface area contributed by atoms with Crippen LogP contribution in [0.3, 0.4) is 0 Å². The number of hydrogen-bond acceptors (Lipinski definition) is 5. The molecule has 0 amide bonds. The van der Waals surface area contributed by atoms with E-state index in [9.17, 15) is 0 Å². The zero-order chi connectivity index (χ0) is 34.2. The standard InChI is InChI=1S/C47H29N3O2/c1-3-11-30-25-32(21-19-28(30)9-1)33-23-24-37-42(27-33)51-41-18-8-15-38(43(37)41)46-48-45(34-22-20-29-10-2-4-12-31(29)26-34)49-47(50-46)39-16-7-14-36-35-13-5-6-17-40(35)52-44(36)39/h1,3-9,11-27H,2,10H2. The molecule has 3 aromatic heterocycles.